The number of amides is 2. The van der Waals surface area contributed by atoms with E-state index in [2.05, 4.69) is 18.4 Å². The second-order valence-electron chi connectivity index (χ2n) is 7.13. The average Bonchev–Trinajstić information content (AvgIpc) is 3.11. The Morgan fingerprint density at radius 3 is 2.61 bits per heavy atom. The van der Waals surface area contributed by atoms with Crippen molar-refractivity contribution in [3.63, 3.8) is 0 Å². The second kappa shape index (κ2) is 8.97. The smallest absolute Gasteiger partial charge is 0.257 e. The molecule has 0 spiro atoms. The van der Waals surface area contributed by atoms with Gasteiger partial charge in [0.15, 0.2) is 0 Å². The molecular formula is C21H25ClN2O3S. The highest BCUT2D eigenvalue weighted by molar-refractivity contribution is 7.10. The number of thiophene rings is 1. The number of likely N-dealkylation sites (tertiary alicyclic amines) is 1. The lowest BCUT2D eigenvalue weighted by Gasteiger charge is -2.33. The van der Waals surface area contributed by atoms with E-state index in [0.717, 1.165) is 0 Å². The van der Waals surface area contributed by atoms with Crippen LogP contribution in [0.1, 0.15) is 33.6 Å². The van der Waals surface area contributed by atoms with E-state index in [1.54, 1.807) is 39.3 Å². The van der Waals surface area contributed by atoms with Crippen LogP contribution >= 0.6 is 22.9 Å². The maximum atomic E-state index is 12.9. The van der Waals surface area contributed by atoms with Crippen molar-refractivity contribution in [1.29, 1.82) is 0 Å². The van der Waals surface area contributed by atoms with Crippen LogP contribution in [0.3, 0.4) is 0 Å². The van der Waals surface area contributed by atoms with Crippen LogP contribution in [-0.4, -0.2) is 48.9 Å². The van der Waals surface area contributed by atoms with Crippen molar-refractivity contribution in [2.45, 2.75) is 26.3 Å². The van der Waals surface area contributed by atoms with Gasteiger partial charge in [-0.25, -0.2) is 0 Å². The molecule has 0 atom stereocenters. The van der Waals surface area contributed by atoms with E-state index < -0.39 is 0 Å². The van der Waals surface area contributed by atoms with E-state index in [4.69, 9.17) is 16.3 Å². The van der Waals surface area contributed by atoms with Crippen molar-refractivity contribution in [3.05, 3.63) is 50.7 Å². The minimum Gasteiger partial charge on any atom is -0.496 e. The maximum absolute atomic E-state index is 12.9. The van der Waals surface area contributed by atoms with Crippen molar-refractivity contribution >= 4 is 34.8 Å². The average molecular weight is 421 g/mol. The molecule has 28 heavy (non-hydrogen) atoms. The van der Waals surface area contributed by atoms with Crippen LogP contribution < -0.4 is 4.74 Å². The molecule has 7 heteroatoms. The van der Waals surface area contributed by atoms with Gasteiger partial charge in [0.1, 0.15) is 5.75 Å². The second-order valence-corrected chi connectivity index (χ2v) is 8.57. The number of aryl methyl sites for hydroxylation is 1. The third-order valence-corrected chi connectivity index (χ3v) is 6.49. The van der Waals surface area contributed by atoms with Crippen LogP contribution in [0.2, 0.25) is 5.02 Å². The number of nitrogens with zero attached hydrogens (tertiary/aromatic N) is 2. The number of ether oxygens (including phenoxy) is 1. The predicted octanol–water partition coefficient (Wildman–Crippen LogP) is 4.23. The lowest BCUT2D eigenvalue weighted by atomic mass is 9.94. The molecular weight excluding hydrogens is 396 g/mol. The highest BCUT2D eigenvalue weighted by Crippen LogP contribution is 2.27. The van der Waals surface area contributed by atoms with Gasteiger partial charge in [-0.1, -0.05) is 11.6 Å². The third kappa shape index (κ3) is 4.50. The van der Waals surface area contributed by atoms with Crippen LogP contribution in [0, 0.1) is 12.8 Å². The largest absolute Gasteiger partial charge is 0.496 e. The fourth-order valence-corrected chi connectivity index (χ4v) is 4.65. The number of carbonyl (C=O) groups is 2. The molecule has 1 aromatic heterocycles. The van der Waals surface area contributed by atoms with Crippen LogP contribution in [0.25, 0.3) is 0 Å². The van der Waals surface area contributed by atoms with Gasteiger partial charge in [0, 0.05) is 36.0 Å². The van der Waals surface area contributed by atoms with Gasteiger partial charge in [-0.15, -0.1) is 11.3 Å². The summed E-state index contributed by atoms with van der Waals surface area (Å²) >= 11 is 7.73. The zero-order valence-corrected chi connectivity index (χ0v) is 18.0. The fraction of sp³-hybridized carbons (Fsp3) is 0.429. The molecule has 2 amide bonds. The summed E-state index contributed by atoms with van der Waals surface area (Å²) < 4.78 is 5.30. The number of hydrogen-bond acceptors (Lipinski definition) is 4. The minimum atomic E-state index is -0.104. The summed E-state index contributed by atoms with van der Waals surface area (Å²) in [7, 11) is 3.39. The summed E-state index contributed by atoms with van der Waals surface area (Å²) in [4.78, 5) is 30.5. The van der Waals surface area contributed by atoms with E-state index in [1.807, 2.05) is 7.05 Å². The van der Waals surface area contributed by atoms with Crippen molar-refractivity contribution in [2.24, 2.45) is 5.92 Å². The first-order chi connectivity index (χ1) is 13.4. The monoisotopic (exact) mass is 420 g/mol. The molecule has 5 nitrogen and oxygen atoms in total. The number of halogens is 1. The molecule has 2 aromatic rings. The van der Waals surface area contributed by atoms with Crippen molar-refractivity contribution < 1.29 is 14.3 Å². The summed E-state index contributed by atoms with van der Waals surface area (Å²) in [5.74, 6) is 0.516. The Morgan fingerprint density at radius 1 is 1.29 bits per heavy atom. The predicted molar refractivity (Wildman–Crippen MR) is 112 cm³/mol. The minimum absolute atomic E-state index is 0.0458. The maximum Gasteiger partial charge on any atom is 0.257 e. The van der Waals surface area contributed by atoms with Crippen LogP contribution in [-0.2, 0) is 11.3 Å². The standard InChI is InChI=1S/C21H25ClN2O3S/c1-14-8-11-28-19(14)13-23(2)20(25)15-6-9-24(10-7-15)21(26)17-12-16(22)4-5-18(17)27-3/h4-5,8,11-12,15H,6-7,9-10,13H2,1-3H3. The Morgan fingerprint density at radius 2 is 2.00 bits per heavy atom. The molecule has 0 aliphatic carbocycles. The number of piperidine rings is 1. The molecule has 0 N–H and O–H groups in total. The lowest BCUT2D eigenvalue weighted by molar-refractivity contribution is -0.136. The Bertz CT molecular complexity index is 859. The summed E-state index contributed by atoms with van der Waals surface area (Å²) in [6, 6.07) is 7.12. The van der Waals surface area contributed by atoms with E-state index in [9.17, 15) is 9.59 Å². The molecule has 2 heterocycles. The summed E-state index contributed by atoms with van der Waals surface area (Å²) in [6.07, 6.45) is 1.34. The van der Waals surface area contributed by atoms with Gasteiger partial charge in [-0.3, -0.25) is 9.59 Å². The number of rotatable bonds is 5. The molecule has 1 fully saturated rings. The van der Waals surface area contributed by atoms with Crippen molar-refractivity contribution in [3.8, 4) is 5.75 Å². The normalized spacial score (nSPS) is 14.8. The van der Waals surface area contributed by atoms with Crippen molar-refractivity contribution in [1.82, 2.24) is 9.80 Å². The third-order valence-electron chi connectivity index (χ3n) is 5.25. The molecule has 1 aromatic carbocycles. The molecule has 1 aliphatic rings. The molecule has 0 radical (unpaired) electrons. The van der Waals surface area contributed by atoms with Gasteiger partial charge >= 0.3 is 0 Å². The van der Waals surface area contributed by atoms with E-state index in [-0.39, 0.29) is 17.7 Å². The van der Waals surface area contributed by atoms with E-state index >= 15 is 0 Å². The SMILES string of the molecule is COc1ccc(Cl)cc1C(=O)N1CCC(C(=O)N(C)Cc2sccc2C)CC1. The summed E-state index contributed by atoms with van der Waals surface area (Å²) in [5, 5.41) is 2.55. The van der Waals surface area contributed by atoms with Gasteiger partial charge in [0.2, 0.25) is 5.91 Å². The summed E-state index contributed by atoms with van der Waals surface area (Å²) in [6.45, 7) is 3.81. The molecule has 0 saturated carbocycles. The van der Waals surface area contributed by atoms with Gasteiger partial charge < -0.3 is 14.5 Å². The van der Waals surface area contributed by atoms with Crippen molar-refractivity contribution in [2.75, 3.05) is 27.2 Å². The number of carbonyl (C=O) groups excluding carboxylic acids is 2. The lowest BCUT2D eigenvalue weighted by Crippen LogP contribution is -2.43. The molecule has 150 valence electrons. The summed E-state index contributed by atoms with van der Waals surface area (Å²) in [5.41, 5.74) is 1.69. The molecule has 3 rings (SSSR count). The Hall–Kier alpha value is -2.05. The highest BCUT2D eigenvalue weighted by Gasteiger charge is 2.30. The Labute approximate surface area is 174 Å². The van der Waals surface area contributed by atoms with Crippen LogP contribution in [0.5, 0.6) is 5.75 Å². The molecule has 0 bridgehead atoms. The number of methoxy groups -OCH3 is 1. The van der Waals surface area contributed by atoms with Gasteiger partial charge in [-0.05, 0) is 55.0 Å². The zero-order chi connectivity index (χ0) is 20.3. The molecule has 1 aliphatic heterocycles. The molecule has 1 saturated heterocycles. The van der Waals surface area contributed by atoms with Gasteiger partial charge in [0.25, 0.3) is 5.91 Å². The number of benzene rings is 1. The van der Waals surface area contributed by atoms with E-state index in [0.29, 0.717) is 48.8 Å². The quantitative estimate of drug-likeness (QED) is 0.727. The first-order valence-corrected chi connectivity index (χ1v) is 10.6. The van der Waals surface area contributed by atoms with Gasteiger partial charge in [0.05, 0.1) is 19.2 Å². The number of hydrogen-bond donors (Lipinski definition) is 0. The van der Waals surface area contributed by atoms with Crippen LogP contribution in [0.4, 0.5) is 0 Å². The molecule has 0 unspecified atom stereocenters. The van der Waals surface area contributed by atoms with Crippen LogP contribution in [0.15, 0.2) is 29.6 Å². The zero-order valence-electron chi connectivity index (χ0n) is 16.4. The van der Waals surface area contributed by atoms with Gasteiger partial charge in [-0.2, -0.15) is 0 Å². The Balaban J connectivity index is 1.59. The fourth-order valence-electron chi connectivity index (χ4n) is 3.52. The Kier molecular flexibility index (Phi) is 6.62. The van der Waals surface area contributed by atoms with E-state index in [1.165, 1.54) is 17.6 Å². The highest BCUT2D eigenvalue weighted by atomic mass is 35.5. The first kappa shape index (κ1) is 20.7. The topological polar surface area (TPSA) is 49.9 Å². The first-order valence-electron chi connectivity index (χ1n) is 9.31.